The topological polar surface area (TPSA) is 58.0 Å². The zero-order chi connectivity index (χ0) is 17.3. The van der Waals surface area contributed by atoms with Crippen LogP contribution in [0.5, 0.6) is 0 Å². The fourth-order valence-corrected chi connectivity index (χ4v) is 3.39. The highest BCUT2D eigenvalue weighted by Gasteiger charge is 2.31. The first-order valence-corrected chi connectivity index (χ1v) is 8.50. The molecule has 2 aromatic rings. The van der Waals surface area contributed by atoms with Crippen molar-refractivity contribution in [3.8, 4) is 0 Å². The van der Waals surface area contributed by atoms with Crippen molar-refractivity contribution in [2.24, 2.45) is 0 Å². The van der Waals surface area contributed by atoms with Gasteiger partial charge in [0.25, 0.3) is 0 Å². The van der Waals surface area contributed by atoms with E-state index in [0.29, 0.717) is 0 Å². The summed E-state index contributed by atoms with van der Waals surface area (Å²) in [6.07, 6.45) is 4.18. The van der Waals surface area contributed by atoms with Gasteiger partial charge >= 0.3 is 0 Å². The van der Waals surface area contributed by atoms with Gasteiger partial charge in [0.05, 0.1) is 11.7 Å². The van der Waals surface area contributed by atoms with Crippen LogP contribution in [0.4, 0.5) is 5.95 Å². The molecule has 0 aliphatic carbocycles. The lowest BCUT2D eigenvalue weighted by atomic mass is 10.1. The lowest BCUT2D eigenvalue weighted by Crippen LogP contribution is -2.28. The second-order valence-corrected chi connectivity index (χ2v) is 6.87. The van der Waals surface area contributed by atoms with Gasteiger partial charge in [0, 0.05) is 36.2 Å². The minimum atomic E-state index is 0.225. The number of anilines is 1. The number of aromatic nitrogens is 4. The van der Waals surface area contributed by atoms with Crippen LogP contribution in [0.15, 0.2) is 12.3 Å². The Morgan fingerprint density at radius 3 is 2.50 bits per heavy atom. The first kappa shape index (κ1) is 16.8. The van der Waals surface area contributed by atoms with E-state index in [1.54, 1.807) is 0 Å². The smallest absolute Gasteiger partial charge is 0.226 e. The average Bonchev–Trinajstić information content (AvgIpc) is 2.97. The lowest BCUT2D eigenvalue weighted by Gasteiger charge is -2.27. The van der Waals surface area contributed by atoms with Gasteiger partial charge in [0.15, 0.2) is 0 Å². The first-order valence-electron chi connectivity index (χ1n) is 8.50. The Morgan fingerprint density at radius 1 is 1.12 bits per heavy atom. The molecule has 6 nitrogen and oxygen atoms in total. The summed E-state index contributed by atoms with van der Waals surface area (Å²) >= 11 is 0. The van der Waals surface area contributed by atoms with Gasteiger partial charge in [0.1, 0.15) is 5.82 Å². The molecule has 0 amide bonds. The van der Waals surface area contributed by atoms with Gasteiger partial charge in [-0.15, -0.1) is 0 Å². The normalized spacial score (nSPS) is 17.8. The molecule has 1 aliphatic rings. The fraction of sp³-hybridized carbons (Fsp3) is 0.556. The molecule has 24 heavy (non-hydrogen) atoms. The molecule has 6 heteroatoms. The number of hydrogen-bond acceptors (Lipinski definition) is 6. The van der Waals surface area contributed by atoms with Crippen molar-refractivity contribution in [1.82, 2.24) is 24.8 Å². The molecule has 3 heterocycles. The van der Waals surface area contributed by atoms with E-state index >= 15 is 0 Å². The summed E-state index contributed by atoms with van der Waals surface area (Å²) in [5.74, 6) is 1.64. The lowest BCUT2D eigenvalue weighted by molar-refractivity contribution is 0.397. The van der Waals surface area contributed by atoms with Crippen molar-refractivity contribution in [2.45, 2.75) is 46.2 Å². The number of rotatable bonds is 4. The molecule has 0 bridgehead atoms. The summed E-state index contributed by atoms with van der Waals surface area (Å²) in [4.78, 5) is 23.0. The molecule has 1 saturated heterocycles. The van der Waals surface area contributed by atoms with Gasteiger partial charge in [-0.1, -0.05) is 0 Å². The number of hydrogen-bond donors (Lipinski definition) is 0. The van der Waals surface area contributed by atoms with Crippen molar-refractivity contribution in [2.75, 3.05) is 25.5 Å². The van der Waals surface area contributed by atoms with Crippen LogP contribution in [0, 0.1) is 20.8 Å². The predicted molar refractivity (Wildman–Crippen MR) is 95.0 cm³/mol. The highest BCUT2D eigenvalue weighted by Crippen LogP contribution is 2.35. The SMILES string of the molecule is Cc1cc(C)nc(N2CCCC2c2nc(C)ncc2CN(C)C)n1. The van der Waals surface area contributed by atoms with E-state index in [2.05, 4.69) is 38.8 Å². The summed E-state index contributed by atoms with van der Waals surface area (Å²) in [6.45, 7) is 7.81. The van der Waals surface area contributed by atoms with Crippen LogP contribution in [-0.4, -0.2) is 45.5 Å². The maximum atomic E-state index is 4.79. The number of aryl methyl sites for hydroxylation is 3. The Labute approximate surface area is 144 Å². The quantitative estimate of drug-likeness (QED) is 0.861. The maximum absolute atomic E-state index is 4.79. The van der Waals surface area contributed by atoms with E-state index in [0.717, 1.165) is 54.8 Å². The largest absolute Gasteiger partial charge is 0.332 e. The summed E-state index contributed by atoms with van der Waals surface area (Å²) in [7, 11) is 4.15. The van der Waals surface area contributed by atoms with Crippen LogP contribution in [0.3, 0.4) is 0 Å². The Hall–Kier alpha value is -2.08. The molecular formula is C18H26N6. The third-order valence-electron chi connectivity index (χ3n) is 4.30. The van der Waals surface area contributed by atoms with E-state index in [4.69, 9.17) is 4.98 Å². The van der Waals surface area contributed by atoms with Crippen molar-refractivity contribution in [3.63, 3.8) is 0 Å². The van der Waals surface area contributed by atoms with Crippen LogP contribution in [0.25, 0.3) is 0 Å². The Kier molecular flexibility index (Phi) is 4.76. The van der Waals surface area contributed by atoms with Gasteiger partial charge < -0.3 is 9.80 Å². The summed E-state index contributed by atoms with van der Waals surface area (Å²) in [5.41, 5.74) is 4.33. The third kappa shape index (κ3) is 3.53. The molecule has 128 valence electrons. The molecule has 1 unspecified atom stereocenters. The van der Waals surface area contributed by atoms with Crippen molar-refractivity contribution < 1.29 is 0 Å². The number of nitrogens with zero attached hydrogens (tertiary/aromatic N) is 6. The van der Waals surface area contributed by atoms with E-state index in [-0.39, 0.29) is 6.04 Å². The minimum absolute atomic E-state index is 0.225. The first-order chi connectivity index (χ1) is 11.4. The molecule has 2 aromatic heterocycles. The summed E-state index contributed by atoms with van der Waals surface area (Å²) < 4.78 is 0. The van der Waals surface area contributed by atoms with Gasteiger partial charge in [-0.3, -0.25) is 0 Å². The molecule has 0 radical (unpaired) electrons. The molecule has 1 atom stereocenters. The second kappa shape index (κ2) is 6.81. The van der Waals surface area contributed by atoms with Crippen molar-refractivity contribution in [1.29, 1.82) is 0 Å². The third-order valence-corrected chi connectivity index (χ3v) is 4.30. The average molecular weight is 326 g/mol. The minimum Gasteiger partial charge on any atom is -0.332 e. The molecule has 3 rings (SSSR count). The molecule has 1 fully saturated rings. The van der Waals surface area contributed by atoms with E-state index in [1.807, 2.05) is 33.0 Å². The summed E-state index contributed by atoms with van der Waals surface area (Å²) in [6, 6.07) is 2.24. The van der Waals surface area contributed by atoms with Crippen LogP contribution < -0.4 is 4.90 Å². The van der Waals surface area contributed by atoms with Gasteiger partial charge in [0.2, 0.25) is 5.95 Å². The monoisotopic (exact) mass is 326 g/mol. The zero-order valence-corrected chi connectivity index (χ0v) is 15.2. The predicted octanol–water partition coefficient (Wildman–Crippen LogP) is 2.59. The Morgan fingerprint density at radius 2 is 1.83 bits per heavy atom. The van der Waals surface area contributed by atoms with E-state index in [1.165, 1.54) is 5.56 Å². The highest BCUT2D eigenvalue weighted by molar-refractivity contribution is 5.39. The Balaban J connectivity index is 2.00. The Bertz CT molecular complexity index is 707. The zero-order valence-electron chi connectivity index (χ0n) is 15.2. The second-order valence-electron chi connectivity index (χ2n) is 6.87. The molecule has 0 N–H and O–H groups in total. The van der Waals surface area contributed by atoms with Crippen LogP contribution in [0.2, 0.25) is 0 Å². The van der Waals surface area contributed by atoms with Crippen molar-refractivity contribution >= 4 is 5.95 Å². The molecule has 0 spiro atoms. The van der Waals surface area contributed by atoms with Crippen LogP contribution in [0.1, 0.15) is 47.4 Å². The molecular weight excluding hydrogens is 300 g/mol. The summed E-state index contributed by atoms with van der Waals surface area (Å²) in [5, 5.41) is 0. The van der Waals surface area contributed by atoms with Gasteiger partial charge in [-0.2, -0.15) is 0 Å². The van der Waals surface area contributed by atoms with Gasteiger partial charge in [-0.05, 0) is 53.8 Å². The van der Waals surface area contributed by atoms with E-state index < -0.39 is 0 Å². The molecule has 0 aromatic carbocycles. The maximum Gasteiger partial charge on any atom is 0.226 e. The van der Waals surface area contributed by atoms with Crippen LogP contribution >= 0.6 is 0 Å². The standard InChI is InChI=1S/C18H26N6/c1-12-9-13(2)21-18(20-12)24-8-6-7-16(24)17-15(11-23(4)5)10-19-14(3)22-17/h9-10,16H,6-8,11H2,1-5H3. The molecule has 1 aliphatic heterocycles. The highest BCUT2D eigenvalue weighted by atomic mass is 15.3. The molecule has 0 saturated carbocycles. The van der Waals surface area contributed by atoms with Crippen molar-refractivity contribution in [3.05, 3.63) is 40.7 Å². The van der Waals surface area contributed by atoms with Gasteiger partial charge in [-0.25, -0.2) is 19.9 Å². The fourth-order valence-electron chi connectivity index (χ4n) is 3.39. The van der Waals surface area contributed by atoms with Crippen LogP contribution in [-0.2, 0) is 6.54 Å². The van der Waals surface area contributed by atoms with E-state index in [9.17, 15) is 0 Å².